The van der Waals surface area contributed by atoms with Gasteiger partial charge in [0.15, 0.2) is 0 Å². The van der Waals surface area contributed by atoms with Crippen LogP contribution in [-0.2, 0) is 0 Å². The Morgan fingerprint density at radius 1 is 1.46 bits per heavy atom. The van der Waals surface area contributed by atoms with E-state index in [1.807, 2.05) is 19.1 Å². The monoisotopic (exact) mass is 181 g/mol. The molecule has 2 atom stereocenters. The molecule has 0 aliphatic carbocycles. The van der Waals surface area contributed by atoms with Crippen LogP contribution in [0.1, 0.15) is 25.3 Å². The molecule has 0 spiro atoms. The highest BCUT2D eigenvalue weighted by Gasteiger charge is 2.16. The van der Waals surface area contributed by atoms with Gasteiger partial charge in [-0.2, -0.15) is 0 Å². The first-order chi connectivity index (χ1) is 6.16. The molecule has 0 bridgehead atoms. The van der Waals surface area contributed by atoms with Gasteiger partial charge in [0.25, 0.3) is 0 Å². The zero-order valence-corrected chi connectivity index (χ0v) is 8.19. The summed E-state index contributed by atoms with van der Waals surface area (Å²) < 4.78 is 5.09. The molecule has 0 saturated carbocycles. The van der Waals surface area contributed by atoms with Crippen LogP contribution in [0.15, 0.2) is 18.3 Å². The van der Waals surface area contributed by atoms with Crippen molar-refractivity contribution in [2.75, 3.05) is 7.11 Å². The van der Waals surface area contributed by atoms with E-state index >= 15 is 0 Å². The third-order valence-corrected chi connectivity index (χ3v) is 2.21. The fourth-order valence-electron chi connectivity index (χ4n) is 1.18. The van der Waals surface area contributed by atoms with E-state index in [-0.39, 0.29) is 5.92 Å². The molecule has 1 rings (SSSR count). The Morgan fingerprint density at radius 3 is 2.69 bits per heavy atom. The highest BCUT2D eigenvalue weighted by Crippen LogP contribution is 2.25. The molecule has 0 radical (unpaired) electrons. The molecule has 0 saturated heterocycles. The molecule has 1 N–H and O–H groups in total. The highest BCUT2D eigenvalue weighted by molar-refractivity contribution is 5.29. The standard InChI is InChI=1S/C10H15NO2/c1-7(8(2)12)9-5-4-6-11-10(9)13-3/h4-8,12H,1-3H3. The Kier molecular flexibility index (Phi) is 3.25. The summed E-state index contributed by atoms with van der Waals surface area (Å²) in [5.41, 5.74) is 0.944. The van der Waals surface area contributed by atoms with Crippen molar-refractivity contribution < 1.29 is 9.84 Å². The van der Waals surface area contributed by atoms with Gasteiger partial charge in [0.05, 0.1) is 13.2 Å². The third-order valence-electron chi connectivity index (χ3n) is 2.21. The summed E-state index contributed by atoms with van der Waals surface area (Å²) >= 11 is 0. The Labute approximate surface area is 78.4 Å². The predicted molar refractivity (Wildman–Crippen MR) is 50.9 cm³/mol. The van der Waals surface area contributed by atoms with E-state index in [1.165, 1.54) is 0 Å². The number of methoxy groups -OCH3 is 1. The molecule has 0 aliphatic rings. The second-order valence-electron chi connectivity index (χ2n) is 3.13. The van der Waals surface area contributed by atoms with Crippen LogP contribution in [0.2, 0.25) is 0 Å². The van der Waals surface area contributed by atoms with Gasteiger partial charge in [-0.05, 0) is 13.0 Å². The van der Waals surface area contributed by atoms with Crippen LogP contribution >= 0.6 is 0 Å². The average Bonchev–Trinajstić information content (AvgIpc) is 2.16. The lowest BCUT2D eigenvalue weighted by Gasteiger charge is -2.16. The van der Waals surface area contributed by atoms with Crippen molar-refractivity contribution in [3.8, 4) is 5.88 Å². The van der Waals surface area contributed by atoms with Crippen LogP contribution in [0.5, 0.6) is 5.88 Å². The van der Waals surface area contributed by atoms with Gasteiger partial charge in [0, 0.05) is 17.7 Å². The maximum atomic E-state index is 9.41. The lowest BCUT2D eigenvalue weighted by atomic mass is 9.97. The second-order valence-corrected chi connectivity index (χ2v) is 3.13. The maximum absolute atomic E-state index is 9.41. The minimum Gasteiger partial charge on any atom is -0.481 e. The first-order valence-electron chi connectivity index (χ1n) is 4.33. The smallest absolute Gasteiger partial charge is 0.216 e. The zero-order valence-electron chi connectivity index (χ0n) is 8.19. The Hall–Kier alpha value is -1.09. The van der Waals surface area contributed by atoms with Crippen molar-refractivity contribution in [3.63, 3.8) is 0 Å². The SMILES string of the molecule is COc1ncccc1C(C)C(C)O. The molecule has 3 heteroatoms. The predicted octanol–water partition coefficient (Wildman–Crippen LogP) is 1.57. The molecule has 72 valence electrons. The normalized spacial score (nSPS) is 15.1. The van der Waals surface area contributed by atoms with Gasteiger partial charge in [0.2, 0.25) is 5.88 Å². The van der Waals surface area contributed by atoms with Gasteiger partial charge in [-0.3, -0.25) is 0 Å². The van der Waals surface area contributed by atoms with Crippen LogP contribution in [0, 0.1) is 0 Å². The fraction of sp³-hybridized carbons (Fsp3) is 0.500. The van der Waals surface area contributed by atoms with Crippen LogP contribution in [0.3, 0.4) is 0 Å². The summed E-state index contributed by atoms with van der Waals surface area (Å²) in [5.74, 6) is 0.638. The number of rotatable bonds is 3. The average molecular weight is 181 g/mol. The van der Waals surface area contributed by atoms with E-state index in [0.29, 0.717) is 5.88 Å². The first kappa shape index (κ1) is 9.99. The Bertz CT molecular complexity index is 273. The summed E-state index contributed by atoms with van der Waals surface area (Å²) in [4.78, 5) is 4.07. The van der Waals surface area contributed by atoms with Gasteiger partial charge < -0.3 is 9.84 Å². The van der Waals surface area contributed by atoms with Crippen molar-refractivity contribution in [3.05, 3.63) is 23.9 Å². The van der Waals surface area contributed by atoms with E-state index in [1.54, 1.807) is 20.2 Å². The van der Waals surface area contributed by atoms with Crippen LogP contribution in [0.4, 0.5) is 0 Å². The summed E-state index contributed by atoms with van der Waals surface area (Å²) in [6.07, 6.45) is 1.29. The molecule has 2 unspecified atom stereocenters. The van der Waals surface area contributed by atoms with E-state index in [4.69, 9.17) is 4.74 Å². The summed E-state index contributed by atoms with van der Waals surface area (Å²) in [6.45, 7) is 3.71. The lowest BCUT2D eigenvalue weighted by Crippen LogP contribution is -2.12. The zero-order chi connectivity index (χ0) is 9.84. The molecule has 0 fully saturated rings. The van der Waals surface area contributed by atoms with Crippen LogP contribution < -0.4 is 4.74 Å². The molecular weight excluding hydrogens is 166 g/mol. The second kappa shape index (κ2) is 4.23. The van der Waals surface area contributed by atoms with Crippen molar-refractivity contribution in [1.82, 2.24) is 4.98 Å². The minimum atomic E-state index is -0.391. The number of pyridine rings is 1. The number of hydrogen-bond donors (Lipinski definition) is 1. The van der Waals surface area contributed by atoms with Gasteiger partial charge in [-0.25, -0.2) is 4.98 Å². The summed E-state index contributed by atoms with van der Waals surface area (Å²) in [6, 6.07) is 3.76. The fourth-order valence-corrected chi connectivity index (χ4v) is 1.18. The first-order valence-corrected chi connectivity index (χ1v) is 4.33. The highest BCUT2D eigenvalue weighted by atomic mass is 16.5. The number of aliphatic hydroxyl groups excluding tert-OH is 1. The number of hydrogen-bond acceptors (Lipinski definition) is 3. The van der Waals surface area contributed by atoms with Gasteiger partial charge in [-0.1, -0.05) is 13.0 Å². The molecule has 1 heterocycles. The lowest BCUT2D eigenvalue weighted by molar-refractivity contribution is 0.167. The minimum absolute atomic E-state index is 0.0450. The van der Waals surface area contributed by atoms with Crippen LogP contribution in [-0.4, -0.2) is 23.3 Å². The molecule has 13 heavy (non-hydrogen) atoms. The number of aliphatic hydroxyl groups is 1. The molecule has 0 aromatic carbocycles. The topological polar surface area (TPSA) is 42.4 Å². The van der Waals surface area contributed by atoms with E-state index in [0.717, 1.165) is 5.56 Å². The molecule has 0 amide bonds. The molecule has 3 nitrogen and oxygen atoms in total. The van der Waals surface area contributed by atoms with Gasteiger partial charge >= 0.3 is 0 Å². The van der Waals surface area contributed by atoms with Crippen molar-refractivity contribution in [2.45, 2.75) is 25.9 Å². The third kappa shape index (κ3) is 2.18. The largest absolute Gasteiger partial charge is 0.481 e. The summed E-state index contributed by atoms with van der Waals surface area (Å²) in [7, 11) is 1.58. The molecule has 1 aromatic heterocycles. The van der Waals surface area contributed by atoms with Crippen molar-refractivity contribution in [2.24, 2.45) is 0 Å². The quantitative estimate of drug-likeness (QED) is 0.769. The Morgan fingerprint density at radius 2 is 2.15 bits per heavy atom. The van der Waals surface area contributed by atoms with Crippen LogP contribution in [0.25, 0.3) is 0 Å². The van der Waals surface area contributed by atoms with E-state index < -0.39 is 6.10 Å². The molecular formula is C10H15NO2. The summed E-state index contributed by atoms with van der Waals surface area (Å²) in [5, 5.41) is 9.41. The number of nitrogens with zero attached hydrogens (tertiary/aromatic N) is 1. The van der Waals surface area contributed by atoms with Gasteiger partial charge in [-0.15, -0.1) is 0 Å². The van der Waals surface area contributed by atoms with E-state index in [2.05, 4.69) is 4.98 Å². The molecule has 1 aromatic rings. The number of aromatic nitrogens is 1. The van der Waals surface area contributed by atoms with Crippen molar-refractivity contribution >= 4 is 0 Å². The van der Waals surface area contributed by atoms with Gasteiger partial charge in [0.1, 0.15) is 0 Å². The van der Waals surface area contributed by atoms with Crippen molar-refractivity contribution in [1.29, 1.82) is 0 Å². The maximum Gasteiger partial charge on any atom is 0.216 e. The van der Waals surface area contributed by atoms with E-state index in [9.17, 15) is 5.11 Å². The Balaban J connectivity index is 2.98. The number of ether oxygens (including phenoxy) is 1. The molecule has 0 aliphatic heterocycles.